The van der Waals surface area contributed by atoms with E-state index in [0.29, 0.717) is 0 Å². The van der Waals surface area contributed by atoms with Crippen LogP contribution in [0.1, 0.15) is 21.0 Å². The second kappa shape index (κ2) is 2.37. The molecule has 58 valence electrons. The number of rotatable bonds is 2. The van der Waals surface area contributed by atoms with E-state index in [1.807, 2.05) is 5.21 Å². The maximum absolute atomic E-state index is 10.2. The molecule has 2 N–H and O–H groups in total. The first-order valence-corrected chi connectivity index (χ1v) is 2.48. The molecule has 7 nitrogen and oxygen atoms in total. The summed E-state index contributed by atoms with van der Waals surface area (Å²) in [5, 5.41) is 26.4. The Balaban J connectivity index is 3.16. The van der Waals surface area contributed by atoms with Crippen LogP contribution in [0.25, 0.3) is 0 Å². The van der Waals surface area contributed by atoms with Crippen LogP contribution in [0.5, 0.6) is 0 Å². The van der Waals surface area contributed by atoms with Crippen molar-refractivity contribution in [2.75, 3.05) is 0 Å². The number of H-pyrrole nitrogens is 1. The average Bonchev–Trinajstić information content (AvgIpc) is 2.32. The minimum absolute atomic E-state index is 0.648. The summed E-state index contributed by atoms with van der Waals surface area (Å²) in [6.45, 7) is 0. The van der Waals surface area contributed by atoms with Crippen molar-refractivity contribution < 1.29 is 19.8 Å². The third-order valence-electron chi connectivity index (χ3n) is 0.944. The van der Waals surface area contributed by atoms with Crippen molar-refractivity contribution in [1.29, 1.82) is 0 Å². The number of nitrogens with zero attached hydrogens (tertiary/aromatic N) is 2. The van der Waals surface area contributed by atoms with E-state index >= 15 is 0 Å². The first-order chi connectivity index (χ1) is 5.13. The molecule has 0 aliphatic rings. The van der Waals surface area contributed by atoms with Crippen LogP contribution in [0, 0.1) is 0 Å². The molecule has 0 aromatic carbocycles. The van der Waals surface area contributed by atoms with Crippen LogP contribution in [0.2, 0.25) is 0 Å². The lowest BCUT2D eigenvalue weighted by Crippen LogP contribution is -2.25. The van der Waals surface area contributed by atoms with Gasteiger partial charge in [0.1, 0.15) is 5.69 Å². The minimum atomic E-state index is -1.67. The van der Waals surface area contributed by atoms with Crippen LogP contribution >= 0.6 is 0 Å². The molecule has 1 heterocycles. The molecular formula is C4H2N3O4-. The van der Waals surface area contributed by atoms with Gasteiger partial charge in [-0.25, -0.2) is 4.79 Å². The molecule has 7 heteroatoms. The summed E-state index contributed by atoms with van der Waals surface area (Å²) in [6.07, 6.45) is 0. The summed E-state index contributed by atoms with van der Waals surface area (Å²) >= 11 is 0. The van der Waals surface area contributed by atoms with Gasteiger partial charge in [-0.1, -0.05) is 0 Å². The van der Waals surface area contributed by atoms with E-state index in [1.165, 1.54) is 0 Å². The number of carbonyl (C=O) groups is 2. The zero-order chi connectivity index (χ0) is 8.43. The molecule has 1 aromatic heterocycles. The van der Waals surface area contributed by atoms with Gasteiger partial charge < -0.3 is 15.0 Å². The highest BCUT2D eigenvalue weighted by molar-refractivity contribution is 5.97. The lowest BCUT2D eigenvalue weighted by atomic mass is 10.3. The van der Waals surface area contributed by atoms with Crippen LogP contribution in [-0.4, -0.2) is 32.5 Å². The number of carboxylic acids is 2. The number of carbonyl (C=O) groups excluding carboxylic acids is 1. The van der Waals surface area contributed by atoms with E-state index in [1.54, 1.807) is 0 Å². The third kappa shape index (κ3) is 1.16. The van der Waals surface area contributed by atoms with E-state index in [9.17, 15) is 14.7 Å². The second-order valence-corrected chi connectivity index (χ2v) is 1.61. The quantitative estimate of drug-likeness (QED) is 0.504. The minimum Gasteiger partial charge on any atom is -0.543 e. The predicted octanol–water partition coefficient (Wildman–Crippen LogP) is -2.13. The first kappa shape index (κ1) is 7.19. The van der Waals surface area contributed by atoms with E-state index in [4.69, 9.17) is 5.11 Å². The van der Waals surface area contributed by atoms with Crippen molar-refractivity contribution >= 4 is 11.9 Å². The van der Waals surface area contributed by atoms with Gasteiger partial charge in [0.15, 0.2) is 5.69 Å². The number of aromatic carboxylic acids is 2. The predicted molar refractivity (Wildman–Crippen MR) is 27.7 cm³/mol. The molecule has 11 heavy (non-hydrogen) atoms. The number of nitrogens with one attached hydrogen (secondary N) is 1. The van der Waals surface area contributed by atoms with E-state index in [-0.39, 0.29) is 0 Å². The van der Waals surface area contributed by atoms with Crippen molar-refractivity contribution in [1.82, 2.24) is 15.4 Å². The van der Waals surface area contributed by atoms with Gasteiger partial charge in [0, 0.05) is 0 Å². The highest BCUT2D eigenvalue weighted by Crippen LogP contribution is 1.97. The molecule has 0 aliphatic carbocycles. The zero-order valence-corrected chi connectivity index (χ0v) is 5.07. The van der Waals surface area contributed by atoms with Crippen molar-refractivity contribution in [3.8, 4) is 0 Å². The lowest BCUT2D eigenvalue weighted by Gasteiger charge is -1.94. The molecule has 0 atom stereocenters. The fourth-order valence-electron chi connectivity index (χ4n) is 0.522. The molecule has 0 saturated heterocycles. The Morgan fingerprint density at radius 3 is 2.27 bits per heavy atom. The average molecular weight is 156 g/mol. The summed E-state index contributed by atoms with van der Waals surface area (Å²) in [5.74, 6) is -3.13. The maximum atomic E-state index is 10.2. The molecule has 0 amide bonds. The van der Waals surface area contributed by atoms with Gasteiger partial charge in [-0.15, -0.1) is 5.10 Å². The highest BCUT2D eigenvalue weighted by Gasteiger charge is 2.14. The van der Waals surface area contributed by atoms with Gasteiger partial charge in [-0.05, 0) is 0 Å². The smallest absolute Gasteiger partial charge is 0.358 e. The molecule has 1 rings (SSSR count). The first-order valence-electron chi connectivity index (χ1n) is 2.48. The molecule has 0 unspecified atom stereocenters. The Kier molecular flexibility index (Phi) is 1.55. The molecule has 0 saturated carbocycles. The summed E-state index contributed by atoms with van der Waals surface area (Å²) in [6, 6.07) is 0. The third-order valence-corrected chi connectivity index (χ3v) is 0.944. The van der Waals surface area contributed by atoms with E-state index < -0.39 is 23.3 Å². The van der Waals surface area contributed by atoms with Gasteiger partial charge in [0.05, 0.1) is 5.97 Å². The van der Waals surface area contributed by atoms with Gasteiger partial charge in [0.2, 0.25) is 0 Å². The van der Waals surface area contributed by atoms with Crippen LogP contribution in [0.3, 0.4) is 0 Å². The Labute approximate surface area is 59.7 Å². The molecule has 0 radical (unpaired) electrons. The molecule has 0 fully saturated rings. The molecule has 0 bridgehead atoms. The fraction of sp³-hybridized carbons (Fsp3) is 0. The van der Waals surface area contributed by atoms with E-state index in [2.05, 4.69) is 10.2 Å². The van der Waals surface area contributed by atoms with Crippen LogP contribution in [-0.2, 0) is 0 Å². The summed E-state index contributed by atoms with van der Waals surface area (Å²) in [7, 11) is 0. The van der Waals surface area contributed by atoms with Crippen LogP contribution in [0.15, 0.2) is 0 Å². The monoisotopic (exact) mass is 156 g/mol. The summed E-state index contributed by atoms with van der Waals surface area (Å²) in [5.41, 5.74) is -1.34. The van der Waals surface area contributed by atoms with Gasteiger partial charge in [0.25, 0.3) is 0 Å². The van der Waals surface area contributed by atoms with Crippen molar-refractivity contribution in [3.63, 3.8) is 0 Å². The maximum Gasteiger partial charge on any atom is 0.358 e. The normalized spacial score (nSPS) is 9.45. The SMILES string of the molecule is O=C([O-])c1n[nH]nc1C(=O)O. The van der Waals surface area contributed by atoms with Crippen molar-refractivity contribution in [2.24, 2.45) is 0 Å². The molecule has 1 aromatic rings. The zero-order valence-electron chi connectivity index (χ0n) is 5.07. The molecule has 0 aliphatic heterocycles. The Hall–Kier alpha value is -1.92. The number of carboxylic acid groups (broad SMARTS) is 2. The molecular weight excluding hydrogens is 154 g/mol. The standard InChI is InChI=1S/C4H3N3O4/c8-3(9)1-2(4(10)11)6-7-5-1/h(H,8,9)(H,10,11)(H,5,6,7)/p-1. The largest absolute Gasteiger partial charge is 0.543 e. The number of hydrogen-bond acceptors (Lipinski definition) is 5. The fourth-order valence-corrected chi connectivity index (χ4v) is 0.522. The van der Waals surface area contributed by atoms with Gasteiger partial charge >= 0.3 is 5.97 Å². The Morgan fingerprint density at radius 2 is 1.91 bits per heavy atom. The van der Waals surface area contributed by atoms with Crippen LogP contribution in [0.4, 0.5) is 0 Å². The summed E-state index contributed by atoms with van der Waals surface area (Å²) in [4.78, 5) is 20.3. The highest BCUT2D eigenvalue weighted by atomic mass is 16.4. The van der Waals surface area contributed by atoms with E-state index in [0.717, 1.165) is 0 Å². The lowest BCUT2D eigenvalue weighted by molar-refractivity contribution is -0.255. The number of aromatic nitrogens is 3. The van der Waals surface area contributed by atoms with Crippen molar-refractivity contribution in [3.05, 3.63) is 11.4 Å². The summed E-state index contributed by atoms with van der Waals surface area (Å²) < 4.78 is 0. The Morgan fingerprint density at radius 1 is 1.36 bits per heavy atom. The van der Waals surface area contributed by atoms with Crippen molar-refractivity contribution in [2.45, 2.75) is 0 Å². The number of hydrogen-bond donors (Lipinski definition) is 2. The Bertz CT molecular complexity index is 276. The number of aromatic amines is 1. The van der Waals surface area contributed by atoms with Crippen LogP contribution < -0.4 is 5.11 Å². The van der Waals surface area contributed by atoms with Gasteiger partial charge in [-0.3, -0.25) is 0 Å². The topological polar surface area (TPSA) is 119 Å². The van der Waals surface area contributed by atoms with Gasteiger partial charge in [-0.2, -0.15) is 10.3 Å². The second-order valence-electron chi connectivity index (χ2n) is 1.61. The molecule has 0 spiro atoms.